The first-order chi connectivity index (χ1) is 2.94. The zero-order valence-electron chi connectivity index (χ0n) is 5.68. The van der Waals surface area contributed by atoms with Crippen molar-refractivity contribution in [3.63, 3.8) is 0 Å². The monoisotopic (exact) mass is 121 g/mol. The molecule has 0 radical (unpaired) electrons. The zero-order valence-corrected chi connectivity index (χ0v) is 5.68. The largest absolute Gasteiger partial charge is 0.870 e. The summed E-state index contributed by atoms with van der Waals surface area (Å²) >= 11 is 0. The highest BCUT2D eigenvalue weighted by Gasteiger charge is 2.21. The molecule has 3 nitrogen and oxygen atoms in total. The van der Waals surface area contributed by atoms with Gasteiger partial charge in [-0.25, -0.2) is 0 Å². The Kier molecular flexibility index (Phi) is 4.07. The summed E-state index contributed by atoms with van der Waals surface area (Å²) in [6, 6.07) is 0. The fourth-order valence-corrected chi connectivity index (χ4v) is 0. The van der Waals surface area contributed by atoms with Crippen LogP contribution >= 0.6 is 0 Å². The fourth-order valence-electron chi connectivity index (χ4n) is 0. The third kappa shape index (κ3) is 4.05. The van der Waals surface area contributed by atoms with Crippen LogP contribution in [0.4, 0.5) is 0 Å². The van der Waals surface area contributed by atoms with E-state index in [0.29, 0.717) is 0 Å². The molecule has 0 amide bonds. The molecule has 0 spiro atoms. The van der Waals surface area contributed by atoms with Crippen molar-refractivity contribution >= 4 is 0 Å². The Balaban J connectivity index is 0. The van der Waals surface area contributed by atoms with E-state index in [1.165, 1.54) is 0 Å². The maximum Gasteiger partial charge on any atom is 0.115 e. The molecule has 0 fully saturated rings. The summed E-state index contributed by atoms with van der Waals surface area (Å²) in [5.74, 6) is 0. The van der Waals surface area contributed by atoms with Crippen molar-refractivity contribution in [2.45, 2.75) is 32.4 Å². The zero-order chi connectivity index (χ0) is 6.08. The van der Waals surface area contributed by atoms with Crippen LogP contribution in [0.1, 0.15) is 20.8 Å². The predicted molar refractivity (Wildman–Crippen MR) is 30.6 cm³/mol. The summed E-state index contributed by atoms with van der Waals surface area (Å²) in [7, 11) is 0. The predicted octanol–water partition coefficient (Wildman–Crippen LogP) is -0.789. The van der Waals surface area contributed by atoms with Gasteiger partial charge in [0.25, 0.3) is 0 Å². The highest BCUT2D eigenvalue weighted by molar-refractivity contribution is 4.68. The van der Waals surface area contributed by atoms with Crippen LogP contribution in [0.2, 0.25) is 0 Å². The van der Waals surface area contributed by atoms with Crippen LogP contribution in [-0.4, -0.2) is 22.2 Å². The lowest BCUT2D eigenvalue weighted by Gasteiger charge is -2.17. The van der Waals surface area contributed by atoms with Gasteiger partial charge in [0.2, 0.25) is 0 Å². The molecule has 0 bridgehead atoms. The number of aliphatic hydroxyl groups excluding tert-OH is 1. The van der Waals surface area contributed by atoms with Crippen molar-refractivity contribution in [3.8, 4) is 0 Å². The highest BCUT2D eigenvalue weighted by Crippen LogP contribution is 1.98. The molecule has 3 heteroatoms. The SMILES string of the molecule is CC(O)C(C)(C)[NH3+].[OH-]. The average molecular weight is 121 g/mol. The Morgan fingerprint density at radius 2 is 1.62 bits per heavy atom. The van der Waals surface area contributed by atoms with E-state index in [1.54, 1.807) is 6.92 Å². The van der Waals surface area contributed by atoms with E-state index in [9.17, 15) is 0 Å². The van der Waals surface area contributed by atoms with E-state index in [4.69, 9.17) is 5.11 Å². The molecule has 0 rings (SSSR count). The molecule has 0 aliphatic carbocycles. The Morgan fingerprint density at radius 3 is 1.62 bits per heavy atom. The van der Waals surface area contributed by atoms with Gasteiger partial charge in [0, 0.05) is 0 Å². The Hall–Kier alpha value is -0.120. The smallest absolute Gasteiger partial charge is 0.115 e. The van der Waals surface area contributed by atoms with Gasteiger partial charge in [0.1, 0.15) is 11.6 Å². The molecule has 1 unspecified atom stereocenters. The van der Waals surface area contributed by atoms with Gasteiger partial charge < -0.3 is 16.3 Å². The summed E-state index contributed by atoms with van der Waals surface area (Å²) in [6.45, 7) is 5.54. The number of quaternary nitrogens is 1. The first-order valence-electron chi connectivity index (χ1n) is 2.48. The van der Waals surface area contributed by atoms with Crippen LogP contribution in [0.15, 0.2) is 0 Å². The topological polar surface area (TPSA) is 77.9 Å². The molecular weight excluding hydrogens is 106 g/mol. The van der Waals surface area contributed by atoms with Gasteiger partial charge >= 0.3 is 0 Å². The molecular formula is C5H15NO2. The lowest BCUT2D eigenvalue weighted by molar-refractivity contribution is -0.482. The molecule has 0 aliphatic heterocycles. The molecule has 52 valence electrons. The van der Waals surface area contributed by atoms with Crippen molar-refractivity contribution in [2.24, 2.45) is 0 Å². The van der Waals surface area contributed by atoms with Crippen molar-refractivity contribution < 1.29 is 16.3 Å². The summed E-state index contributed by atoms with van der Waals surface area (Å²) in [4.78, 5) is 0. The van der Waals surface area contributed by atoms with Crippen molar-refractivity contribution in [1.82, 2.24) is 0 Å². The summed E-state index contributed by atoms with van der Waals surface area (Å²) in [5.41, 5.74) is 3.53. The molecule has 0 aromatic carbocycles. The standard InChI is InChI=1S/C5H13NO.H2O/c1-4(7)5(2,3)6;/h4,7H,6H2,1-3H3;1H2. The fraction of sp³-hybridized carbons (Fsp3) is 1.00. The molecule has 0 heterocycles. The minimum absolute atomic E-state index is 0. The molecule has 0 saturated heterocycles. The van der Waals surface area contributed by atoms with E-state index < -0.39 is 0 Å². The second-order valence-electron chi connectivity index (χ2n) is 2.66. The second-order valence-corrected chi connectivity index (χ2v) is 2.66. The van der Waals surface area contributed by atoms with Crippen molar-refractivity contribution in [2.75, 3.05) is 0 Å². The van der Waals surface area contributed by atoms with Gasteiger partial charge in [0.15, 0.2) is 0 Å². The number of rotatable bonds is 1. The average Bonchev–Trinajstić information content (AvgIpc) is 1.31. The normalized spacial score (nSPS) is 14.6. The third-order valence-corrected chi connectivity index (χ3v) is 1.13. The van der Waals surface area contributed by atoms with Gasteiger partial charge in [-0.05, 0) is 20.8 Å². The maximum atomic E-state index is 8.83. The van der Waals surface area contributed by atoms with Gasteiger partial charge in [-0.15, -0.1) is 0 Å². The minimum Gasteiger partial charge on any atom is -0.870 e. The van der Waals surface area contributed by atoms with Crippen molar-refractivity contribution in [3.05, 3.63) is 0 Å². The summed E-state index contributed by atoms with van der Waals surface area (Å²) in [6.07, 6.45) is -0.313. The Bertz CT molecular complexity index is 55.9. The van der Waals surface area contributed by atoms with Crippen LogP contribution < -0.4 is 5.73 Å². The van der Waals surface area contributed by atoms with E-state index >= 15 is 0 Å². The van der Waals surface area contributed by atoms with Gasteiger partial charge in [-0.2, -0.15) is 0 Å². The molecule has 0 saturated carbocycles. The summed E-state index contributed by atoms with van der Waals surface area (Å²) < 4.78 is 0. The van der Waals surface area contributed by atoms with E-state index in [2.05, 4.69) is 5.73 Å². The molecule has 0 aromatic heterocycles. The lowest BCUT2D eigenvalue weighted by Crippen LogP contribution is -2.73. The van der Waals surface area contributed by atoms with Gasteiger partial charge in [-0.3, -0.25) is 0 Å². The van der Waals surface area contributed by atoms with Crippen LogP contribution in [0, 0.1) is 0 Å². The molecule has 0 aliphatic rings. The molecule has 0 aromatic rings. The van der Waals surface area contributed by atoms with Crippen LogP contribution in [0.3, 0.4) is 0 Å². The Labute approximate surface area is 49.8 Å². The molecule has 5 N–H and O–H groups in total. The highest BCUT2D eigenvalue weighted by atomic mass is 16.3. The maximum absolute atomic E-state index is 8.83. The van der Waals surface area contributed by atoms with E-state index in [0.717, 1.165) is 0 Å². The van der Waals surface area contributed by atoms with E-state index in [-0.39, 0.29) is 17.1 Å². The Morgan fingerprint density at radius 1 is 1.50 bits per heavy atom. The third-order valence-electron chi connectivity index (χ3n) is 1.13. The number of hydrogen-bond acceptors (Lipinski definition) is 2. The minimum atomic E-state index is -0.313. The molecule has 1 atom stereocenters. The van der Waals surface area contributed by atoms with Gasteiger partial charge in [-0.1, -0.05) is 0 Å². The number of aliphatic hydroxyl groups is 1. The van der Waals surface area contributed by atoms with Crippen LogP contribution in [0.5, 0.6) is 0 Å². The first-order valence-corrected chi connectivity index (χ1v) is 2.48. The first kappa shape index (κ1) is 10.8. The van der Waals surface area contributed by atoms with Crippen LogP contribution in [-0.2, 0) is 0 Å². The lowest BCUT2D eigenvalue weighted by atomic mass is 10.0. The van der Waals surface area contributed by atoms with Crippen LogP contribution in [0.25, 0.3) is 0 Å². The summed E-state index contributed by atoms with van der Waals surface area (Å²) in [5, 5.41) is 8.83. The van der Waals surface area contributed by atoms with E-state index in [1.807, 2.05) is 13.8 Å². The van der Waals surface area contributed by atoms with Gasteiger partial charge in [0.05, 0.1) is 0 Å². The number of hydrogen-bond donors (Lipinski definition) is 2. The van der Waals surface area contributed by atoms with Crippen molar-refractivity contribution in [1.29, 1.82) is 0 Å². The quantitative estimate of drug-likeness (QED) is 0.477. The second kappa shape index (κ2) is 3.02. The molecule has 8 heavy (non-hydrogen) atoms.